The lowest BCUT2D eigenvalue weighted by molar-refractivity contribution is -0.139. The largest absolute Gasteiger partial charge is 0.481 e. The predicted molar refractivity (Wildman–Crippen MR) is 68.0 cm³/mol. The number of rotatable bonds is 5. The minimum atomic E-state index is -0.686. The first-order chi connectivity index (χ1) is 8.27. The monoisotopic (exact) mass is 232 g/mol. The number of hydrogen-bond acceptors (Lipinski definition) is 1. The van der Waals surface area contributed by atoms with Crippen molar-refractivity contribution in [3.05, 3.63) is 35.9 Å². The Labute approximate surface area is 103 Å². The molecule has 1 aromatic rings. The molecule has 0 radical (unpaired) electrons. The molecule has 0 unspecified atom stereocenters. The molecule has 1 fully saturated rings. The molecule has 2 nitrogen and oxygen atoms in total. The Balaban J connectivity index is 1.95. The second-order valence-electron chi connectivity index (χ2n) is 5.03. The fourth-order valence-corrected chi connectivity index (χ4v) is 2.82. The van der Waals surface area contributed by atoms with Gasteiger partial charge in [-0.2, -0.15) is 0 Å². The van der Waals surface area contributed by atoms with Crippen molar-refractivity contribution in [3.8, 4) is 0 Å². The molecule has 1 N–H and O–H groups in total. The summed E-state index contributed by atoms with van der Waals surface area (Å²) in [4.78, 5) is 11.3. The second kappa shape index (κ2) is 5.85. The number of aliphatic carboxylic acids is 1. The third kappa shape index (κ3) is 3.32. The molecule has 1 atom stereocenters. The van der Waals surface area contributed by atoms with Crippen molar-refractivity contribution >= 4 is 5.97 Å². The van der Waals surface area contributed by atoms with E-state index in [2.05, 4.69) is 0 Å². The average Bonchev–Trinajstić information content (AvgIpc) is 2.83. The van der Waals surface area contributed by atoms with Crippen molar-refractivity contribution < 1.29 is 9.90 Å². The van der Waals surface area contributed by atoms with Crippen molar-refractivity contribution in [2.24, 2.45) is 5.92 Å². The molecular weight excluding hydrogens is 212 g/mol. The highest BCUT2D eigenvalue weighted by molar-refractivity contribution is 5.75. The molecule has 2 rings (SSSR count). The summed E-state index contributed by atoms with van der Waals surface area (Å²) in [6.07, 6.45) is 7.08. The van der Waals surface area contributed by atoms with E-state index in [1.165, 1.54) is 25.7 Å². The van der Waals surface area contributed by atoms with Gasteiger partial charge in [0.1, 0.15) is 0 Å². The Bertz CT molecular complexity index is 352. The van der Waals surface area contributed by atoms with E-state index in [1.54, 1.807) is 0 Å². The highest BCUT2D eigenvalue weighted by atomic mass is 16.4. The molecule has 0 spiro atoms. The van der Waals surface area contributed by atoms with Gasteiger partial charge in [-0.25, -0.2) is 0 Å². The summed E-state index contributed by atoms with van der Waals surface area (Å²) in [5.74, 6) is -0.244. The third-order valence-electron chi connectivity index (χ3n) is 3.84. The molecule has 0 bridgehead atoms. The van der Waals surface area contributed by atoms with Crippen molar-refractivity contribution in [2.45, 2.75) is 44.4 Å². The molecule has 0 aromatic heterocycles. The van der Waals surface area contributed by atoms with Crippen LogP contribution in [0, 0.1) is 5.92 Å². The van der Waals surface area contributed by atoms with Crippen molar-refractivity contribution in [2.75, 3.05) is 0 Å². The Morgan fingerprint density at radius 2 is 1.88 bits per heavy atom. The molecule has 0 heterocycles. The van der Waals surface area contributed by atoms with Gasteiger partial charge in [-0.05, 0) is 24.3 Å². The summed E-state index contributed by atoms with van der Waals surface area (Å²) in [5.41, 5.74) is 0.943. The standard InChI is InChI=1S/C15H20O2/c16-15(17)14(13-8-2-1-3-9-13)11-10-12-6-4-5-7-12/h1-3,8-9,12,14H,4-7,10-11H2,(H,16,17)/t14-/m1/s1. The van der Waals surface area contributed by atoms with Crippen molar-refractivity contribution in [3.63, 3.8) is 0 Å². The maximum absolute atomic E-state index is 11.3. The third-order valence-corrected chi connectivity index (χ3v) is 3.84. The smallest absolute Gasteiger partial charge is 0.310 e. The molecule has 0 saturated heterocycles. The molecule has 0 aliphatic heterocycles. The van der Waals surface area contributed by atoms with Crippen molar-refractivity contribution in [1.29, 1.82) is 0 Å². The van der Waals surface area contributed by atoms with E-state index in [1.807, 2.05) is 30.3 Å². The highest BCUT2D eigenvalue weighted by Crippen LogP contribution is 2.32. The van der Waals surface area contributed by atoms with Crippen LogP contribution >= 0.6 is 0 Å². The summed E-state index contributed by atoms with van der Waals surface area (Å²) in [6, 6.07) is 9.61. The zero-order valence-corrected chi connectivity index (χ0v) is 10.1. The number of benzene rings is 1. The maximum Gasteiger partial charge on any atom is 0.310 e. The fourth-order valence-electron chi connectivity index (χ4n) is 2.82. The number of carboxylic acid groups (broad SMARTS) is 1. The van der Waals surface area contributed by atoms with E-state index in [9.17, 15) is 9.90 Å². The SMILES string of the molecule is O=C(O)[C@H](CCC1CCCC1)c1ccccc1. The van der Waals surface area contributed by atoms with Crippen LogP contribution in [0.5, 0.6) is 0 Å². The van der Waals surface area contributed by atoms with Gasteiger partial charge in [0.05, 0.1) is 5.92 Å². The molecule has 1 aliphatic carbocycles. The van der Waals surface area contributed by atoms with Crippen LogP contribution in [0.3, 0.4) is 0 Å². The Kier molecular flexibility index (Phi) is 4.18. The van der Waals surface area contributed by atoms with Crippen LogP contribution < -0.4 is 0 Å². The molecule has 17 heavy (non-hydrogen) atoms. The summed E-state index contributed by atoms with van der Waals surface area (Å²) >= 11 is 0. The molecule has 1 saturated carbocycles. The zero-order valence-electron chi connectivity index (χ0n) is 10.1. The van der Waals surface area contributed by atoms with Gasteiger partial charge in [0.2, 0.25) is 0 Å². The number of carboxylic acids is 1. The molecule has 2 heteroatoms. The van der Waals surface area contributed by atoms with Crippen LogP contribution in [0.2, 0.25) is 0 Å². The Morgan fingerprint density at radius 3 is 2.47 bits per heavy atom. The van der Waals surface area contributed by atoms with E-state index in [0.29, 0.717) is 0 Å². The quantitative estimate of drug-likeness (QED) is 0.837. The zero-order chi connectivity index (χ0) is 12.1. The van der Waals surface area contributed by atoms with E-state index in [0.717, 1.165) is 24.3 Å². The lowest BCUT2D eigenvalue weighted by atomic mass is 9.90. The second-order valence-corrected chi connectivity index (χ2v) is 5.03. The van der Waals surface area contributed by atoms with Crippen molar-refractivity contribution in [1.82, 2.24) is 0 Å². The molecule has 0 amide bonds. The van der Waals surface area contributed by atoms with Gasteiger partial charge in [0, 0.05) is 0 Å². The molecule has 1 aromatic carbocycles. The van der Waals surface area contributed by atoms with E-state index >= 15 is 0 Å². The maximum atomic E-state index is 11.3. The van der Waals surface area contributed by atoms with Gasteiger partial charge >= 0.3 is 5.97 Å². The van der Waals surface area contributed by atoms with Crippen LogP contribution in [0.25, 0.3) is 0 Å². The van der Waals surface area contributed by atoms with Gasteiger partial charge in [-0.3, -0.25) is 4.79 Å². The molecular formula is C15H20O2. The predicted octanol–water partition coefficient (Wildman–Crippen LogP) is 3.83. The number of hydrogen-bond donors (Lipinski definition) is 1. The van der Waals surface area contributed by atoms with Crippen LogP contribution in [-0.4, -0.2) is 11.1 Å². The Hall–Kier alpha value is -1.31. The summed E-state index contributed by atoms with van der Waals surface area (Å²) < 4.78 is 0. The van der Waals surface area contributed by atoms with Gasteiger partial charge in [0.25, 0.3) is 0 Å². The van der Waals surface area contributed by atoms with Gasteiger partial charge in [-0.1, -0.05) is 56.0 Å². The molecule has 1 aliphatic rings. The Morgan fingerprint density at radius 1 is 1.24 bits per heavy atom. The van der Waals surface area contributed by atoms with Gasteiger partial charge in [0.15, 0.2) is 0 Å². The number of carbonyl (C=O) groups is 1. The highest BCUT2D eigenvalue weighted by Gasteiger charge is 2.22. The topological polar surface area (TPSA) is 37.3 Å². The van der Waals surface area contributed by atoms with E-state index in [4.69, 9.17) is 0 Å². The van der Waals surface area contributed by atoms with Gasteiger partial charge in [-0.15, -0.1) is 0 Å². The van der Waals surface area contributed by atoms with Crippen LogP contribution in [-0.2, 0) is 4.79 Å². The summed E-state index contributed by atoms with van der Waals surface area (Å²) in [5, 5.41) is 9.30. The minimum absolute atomic E-state index is 0.322. The summed E-state index contributed by atoms with van der Waals surface area (Å²) in [6.45, 7) is 0. The first-order valence-electron chi connectivity index (χ1n) is 6.55. The van der Waals surface area contributed by atoms with Crippen LogP contribution in [0.4, 0.5) is 0 Å². The van der Waals surface area contributed by atoms with Crippen LogP contribution in [0.1, 0.15) is 50.0 Å². The van der Waals surface area contributed by atoms with E-state index in [-0.39, 0.29) is 5.92 Å². The first kappa shape index (κ1) is 12.2. The normalized spacial score (nSPS) is 18.1. The van der Waals surface area contributed by atoms with E-state index < -0.39 is 5.97 Å². The first-order valence-corrected chi connectivity index (χ1v) is 6.55. The van der Waals surface area contributed by atoms with Crippen LogP contribution in [0.15, 0.2) is 30.3 Å². The lowest BCUT2D eigenvalue weighted by Gasteiger charge is -2.15. The summed E-state index contributed by atoms with van der Waals surface area (Å²) in [7, 11) is 0. The fraction of sp³-hybridized carbons (Fsp3) is 0.533. The lowest BCUT2D eigenvalue weighted by Crippen LogP contribution is -2.12. The molecule has 92 valence electrons. The minimum Gasteiger partial charge on any atom is -0.481 e. The van der Waals surface area contributed by atoms with Gasteiger partial charge < -0.3 is 5.11 Å². The average molecular weight is 232 g/mol.